The summed E-state index contributed by atoms with van der Waals surface area (Å²) >= 11 is 1.23. The first-order valence-corrected chi connectivity index (χ1v) is 12.4. The molecule has 1 fully saturated rings. The van der Waals surface area contributed by atoms with Crippen LogP contribution in [0.1, 0.15) is 30.0 Å². The lowest BCUT2D eigenvalue weighted by Crippen LogP contribution is -2.45. The Morgan fingerprint density at radius 2 is 1.97 bits per heavy atom. The fourth-order valence-corrected chi connectivity index (χ4v) is 6.40. The van der Waals surface area contributed by atoms with Crippen molar-refractivity contribution in [2.24, 2.45) is 0 Å². The monoisotopic (exact) mass is 442 g/mol. The third kappa shape index (κ3) is 4.44. The fraction of sp³-hybridized carbons (Fsp3) is 0.304. The van der Waals surface area contributed by atoms with Gasteiger partial charge in [-0.2, -0.15) is 0 Å². The molecule has 0 radical (unpaired) electrons. The van der Waals surface area contributed by atoms with Crippen LogP contribution in [0.2, 0.25) is 0 Å². The molecule has 0 saturated carbocycles. The van der Waals surface area contributed by atoms with Crippen molar-refractivity contribution in [3.8, 4) is 5.75 Å². The Bertz CT molecular complexity index is 1070. The van der Waals surface area contributed by atoms with E-state index in [1.165, 1.54) is 16.9 Å². The predicted octanol–water partition coefficient (Wildman–Crippen LogP) is 4.17. The number of benzene rings is 2. The molecule has 0 unspecified atom stereocenters. The highest BCUT2D eigenvalue weighted by Gasteiger charge is 2.26. The molecule has 3 aromatic rings. The van der Waals surface area contributed by atoms with Gasteiger partial charge in [0, 0.05) is 24.2 Å². The van der Waals surface area contributed by atoms with Crippen molar-refractivity contribution >= 4 is 21.2 Å². The summed E-state index contributed by atoms with van der Waals surface area (Å²) in [5, 5.41) is 9.03. The maximum atomic E-state index is 12.9. The van der Waals surface area contributed by atoms with Crippen molar-refractivity contribution in [3.63, 3.8) is 0 Å². The molecular formula is C23H26N2O3S2. The van der Waals surface area contributed by atoms with Crippen molar-refractivity contribution in [1.82, 2.24) is 10.6 Å². The summed E-state index contributed by atoms with van der Waals surface area (Å²) in [6.07, 6.45) is 2.16. The standard InChI is InChI=1S/C23H26N2O3S2/c1-28-21-12-11-19(30(26,27)22-10-6-14-29-22)15-18(21)16-25-20-9-5-13-24-23(20)17-7-3-2-4-8-17/h2-4,6-8,10-12,14-15,20,23-25H,5,9,13,16H2,1H3/t20-,23-/m0/s1. The summed E-state index contributed by atoms with van der Waals surface area (Å²) in [7, 11) is -1.90. The van der Waals surface area contributed by atoms with Crippen molar-refractivity contribution in [2.45, 2.75) is 40.6 Å². The molecular weight excluding hydrogens is 416 g/mol. The second-order valence-corrected chi connectivity index (χ2v) is 10.5. The molecule has 2 heterocycles. The summed E-state index contributed by atoms with van der Waals surface area (Å²) in [6, 6.07) is 19.4. The van der Waals surface area contributed by atoms with Crippen molar-refractivity contribution < 1.29 is 13.2 Å². The lowest BCUT2D eigenvalue weighted by Gasteiger charge is -2.34. The number of ether oxygens (including phenoxy) is 1. The Labute approximate surface area is 182 Å². The van der Waals surface area contributed by atoms with Crippen molar-refractivity contribution in [2.75, 3.05) is 13.7 Å². The molecule has 1 saturated heterocycles. The minimum atomic E-state index is -3.52. The van der Waals surface area contributed by atoms with E-state index < -0.39 is 9.84 Å². The summed E-state index contributed by atoms with van der Waals surface area (Å²) < 4.78 is 31.7. The molecule has 0 aliphatic carbocycles. The number of nitrogens with one attached hydrogen (secondary N) is 2. The van der Waals surface area contributed by atoms with Crippen LogP contribution in [0.3, 0.4) is 0 Å². The molecule has 30 heavy (non-hydrogen) atoms. The Kier molecular flexibility index (Phi) is 6.53. The van der Waals surface area contributed by atoms with E-state index in [0.717, 1.165) is 24.9 Å². The second kappa shape index (κ2) is 9.31. The fourth-order valence-electron chi connectivity index (χ4n) is 3.95. The van der Waals surface area contributed by atoms with Gasteiger partial charge in [-0.15, -0.1) is 11.3 Å². The van der Waals surface area contributed by atoms with E-state index in [0.29, 0.717) is 21.4 Å². The maximum absolute atomic E-state index is 12.9. The van der Waals surface area contributed by atoms with Gasteiger partial charge in [0.2, 0.25) is 9.84 Å². The van der Waals surface area contributed by atoms with Gasteiger partial charge >= 0.3 is 0 Å². The minimum Gasteiger partial charge on any atom is -0.496 e. The van der Waals surface area contributed by atoms with E-state index >= 15 is 0 Å². The molecule has 2 atom stereocenters. The first kappa shape index (κ1) is 21.1. The molecule has 7 heteroatoms. The van der Waals surface area contributed by atoms with Gasteiger partial charge in [0.1, 0.15) is 9.96 Å². The van der Waals surface area contributed by atoms with Gasteiger partial charge in [0.05, 0.1) is 12.0 Å². The van der Waals surface area contributed by atoms with Gasteiger partial charge in [-0.25, -0.2) is 8.42 Å². The van der Waals surface area contributed by atoms with Gasteiger partial charge in [0.15, 0.2) is 0 Å². The minimum absolute atomic E-state index is 0.226. The third-order valence-corrected chi connectivity index (χ3v) is 8.64. The van der Waals surface area contributed by atoms with E-state index in [4.69, 9.17) is 4.74 Å². The molecule has 1 aliphatic heterocycles. The normalized spacial score (nSPS) is 19.5. The van der Waals surface area contributed by atoms with Crippen LogP contribution in [0.15, 0.2) is 75.1 Å². The molecule has 1 aliphatic rings. The molecule has 5 nitrogen and oxygen atoms in total. The van der Waals surface area contributed by atoms with Gasteiger partial charge in [0.25, 0.3) is 0 Å². The zero-order chi connectivity index (χ0) is 21.0. The number of piperidine rings is 1. The van der Waals surface area contributed by atoms with Gasteiger partial charge in [-0.1, -0.05) is 36.4 Å². The Morgan fingerprint density at radius 3 is 2.70 bits per heavy atom. The number of hydrogen-bond donors (Lipinski definition) is 2. The van der Waals surface area contributed by atoms with Crippen LogP contribution in [-0.4, -0.2) is 28.1 Å². The van der Waals surface area contributed by atoms with Crippen molar-refractivity contribution in [1.29, 1.82) is 0 Å². The Balaban J connectivity index is 1.56. The summed E-state index contributed by atoms with van der Waals surface area (Å²) in [5.74, 6) is 0.688. The lowest BCUT2D eigenvalue weighted by atomic mass is 9.92. The highest BCUT2D eigenvalue weighted by atomic mass is 32.2. The van der Waals surface area contributed by atoms with Crippen molar-refractivity contribution in [3.05, 3.63) is 77.2 Å². The number of hydrogen-bond acceptors (Lipinski definition) is 6. The van der Waals surface area contributed by atoms with Crippen LogP contribution in [0.4, 0.5) is 0 Å². The van der Waals surface area contributed by atoms with Crippen LogP contribution in [-0.2, 0) is 16.4 Å². The molecule has 2 N–H and O–H groups in total. The molecule has 2 aromatic carbocycles. The molecule has 158 valence electrons. The maximum Gasteiger partial charge on any atom is 0.215 e. The van der Waals surface area contributed by atoms with Crippen LogP contribution < -0.4 is 15.4 Å². The van der Waals surface area contributed by atoms with Crippen LogP contribution in [0.5, 0.6) is 5.75 Å². The second-order valence-electron chi connectivity index (χ2n) is 7.38. The summed E-state index contributed by atoms with van der Waals surface area (Å²) in [4.78, 5) is 0.295. The number of methoxy groups -OCH3 is 1. The van der Waals surface area contributed by atoms with Crippen LogP contribution in [0, 0.1) is 0 Å². The third-order valence-electron chi connectivity index (χ3n) is 5.49. The largest absolute Gasteiger partial charge is 0.496 e. The average molecular weight is 443 g/mol. The lowest BCUT2D eigenvalue weighted by molar-refractivity contribution is 0.302. The molecule has 1 aromatic heterocycles. The Morgan fingerprint density at radius 1 is 1.13 bits per heavy atom. The topological polar surface area (TPSA) is 67.4 Å². The van der Waals surface area contributed by atoms with E-state index in [9.17, 15) is 8.42 Å². The first-order valence-electron chi connectivity index (χ1n) is 10.1. The smallest absolute Gasteiger partial charge is 0.215 e. The quantitative estimate of drug-likeness (QED) is 0.575. The first-order chi connectivity index (χ1) is 14.6. The average Bonchev–Trinajstić information content (AvgIpc) is 3.34. The summed E-state index contributed by atoms with van der Waals surface area (Å²) in [6.45, 7) is 1.53. The van der Waals surface area contributed by atoms with E-state index in [-0.39, 0.29) is 12.1 Å². The zero-order valence-corrected chi connectivity index (χ0v) is 18.5. The number of thiophene rings is 1. The predicted molar refractivity (Wildman–Crippen MR) is 120 cm³/mol. The number of sulfone groups is 1. The van der Waals surface area contributed by atoms with Gasteiger partial charge in [-0.3, -0.25) is 0 Å². The Hall–Kier alpha value is -2.19. The SMILES string of the molecule is COc1ccc(S(=O)(=O)c2cccs2)cc1CN[C@H]1CCCN[C@H]1c1ccccc1. The van der Waals surface area contributed by atoms with Crippen LogP contribution >= 0.6 is 11.3 Å². The highest BCUT2D eigenvalue weighted by Crippen LogP contribution is 2.30. The molecule has 4 rings (SSSR count). The van der Waals surface area contributed by atoms with E-state index in [1.807, 2.05) is 6.07 Å². The van der Waals surface area contributed by atoms with E-state index in [2.05, 4.69) is 34.9 Å². The molecule has 0 bridgehead atoms. The number of rotatable bonds is 7. The van der Waals surface area contributed by atoms with Gasteiger partial charge < -0.3 is 15.4 Å². The van der Waals surface area contributed by atoms with Gasteiger partial charge in [-0.05, 0) is 54.6 Å². The zero-order valence-electron chi connectivity index (χ0n) is 16.9. The summed E-state index contributed by atoms with van der Waals surface area (Å²) in [5.41, 5.74) is 2.10. The van der Waals surface area contributed by atoms with E-state index in [1.54, 1.807) is 42.8 Å². The molecule has 0 amide bonds. The molecule has 0 spiro atoms. The van der Waals surface area contributed by atoms with Crippen LogP contribution in [0.25, 0.3) is 0 Å². The highest BCUT2D eigenvalue weighted by molar-refractivity contribution is 7.93.